The molecule has 160 valence electrons. The van der Waals surface area contributed by atoms with Crippen molar-refractivity contribution in [3.8, 4) is 22.6 Å². The lowest BCUT2D eigenvalue weighted by Crippen LogP contribution is -2.38. The van der Waals surface area contributed by atoms with E-state index in [1.807, 2.05) is 24.3 Å². The lowest BCUT2D eigenvalue weighted by Gasteiger charge is -2.30. The quantitative estimate of drug-likeness (QED) is 0.608. The molecule has 0 amide bonds. The van der Waals surface area contributed by atoms with Crippen LogP contribution in [0.25, 0.3) is 11.1 Å². The molecule has 2 fully saturated rings. The first-order valence-electron chi connectivity index (χ1n) is 11.4. The zero-order valence-corrected chi connectivity index (χ0v) is 17.7. The molecule has 0 atom stereocenters. The molecule has 1 aliphatic carbocycles. The number of rotatable bonds is 10. The Hall–Kier alpha value is -2.08. The van der Waals surface area contributed by atoms with Crippen LogP contribution in [0.3, 0.4) is 0 Å². The largest absolute Gasteiger partial charge is 0.494 e. The number of benzene rings is 2. The maximum atomic E-state index is 10.7. The summed E-state index contributed by atoms with van der Waals surface area (Å²) in [6, 6.07) is 12.1. The van der Waals surface area contributed by atoms with Gasteiger partial charge in [-0.1, -0.05) is 12.1 Å². The lowest BCUT2D eigenvalue weighted by molar-refractivity contribution is 0.165. The molecule has 3 aliphatic rings. The number of hydrogen-bond acceptors (Lipinski definition) is 5. The van der Waals surface area contributed by atoms with Crippen LogP contribution in [0.2, 0.25) is 0 Å². The Morgan fingerprint density at radius 2 is 1.20 bits per heavy atom. The second kappa shape index (κ2) is 8.96. The molecule has 0 unspecified atom stereocenters. The number of nitrogens with zero attached hydrogens (tertiary/aromatic N) is 2. The van der Waals surface area contributed by atoms with E-state index in [1.165, 1.54) is 39.0 Å². The van der Waals surface area contributed by atoms with E-state index in [0.717, 1.165) is 72.9 Å². The predicted molar refractivity (Wildman–Crippen MR) is 118 cm³/mol. The molecule has 5 rings (SSSR count). The third kappa shape index (κ3) is 4.20. The minimum atomic E-state index is -0.573. The predicted octanol–water partition coefficient (Wildman–Crippen LogP) is 3.70. The summed E-state index contributed by atoms with van der Waals surface area (Å²) in [5.74, 6) is 1.75. The number of hydrogen-bond donors (Lipinski definition) is 1. The highest BCUT2D eigenvalue weighted by Gasteiger charge is 2.28. The van der Waals surface area contributed by atoms with E-state index in [4.69, 9.17) is 9.47 Å². The average molecular weight is 409 g/mol. The first-order chi connectivity index (χ1) is 14.8. The van der Waals surface area contributed by atoms with Crippen LogP contribution in [0.15, 0.2) is 36.4 Å². The zero-order chi connectivity index (χ0) is 20.3. The van der Waals surface area contributed by atoms with Crippen LogP contribution in [0.1, 0.15) is 42.9 Å². The highest BCUT2D eigenvalue weighted by Crippen LogP contribution is 2.46. The normalized spacial score (nSPS) is 18.4. The van der Waals surface area contributed by atoms with Crippen molar-refractivity contribution in [2.75, 3.05) is 52.5 Å². The van der Waals surface area contributed by atoms with E-state index < -0.39 is 6.10 Å². The van der Waals surface area contributed by atoms with Crippen LogP contribution >= 0.6 is 0 Å². The third-order valence-corrected chi connectivity index (χ3v) is 6.60. The highest BCUT2D eigenvalue weighted by molar-refractivity contribution is 5.80. The van der Waals surface area contributed by atoms with Gasteiger partial charge in [0.25, 0.3) is 0 Å². The van der Waals surface area contributed by atoms with Gasteiger partial charge in [-0.2, -0.15) is 0 Å². The number of likely N-dealkylation sites (tertiary alicyclic amines) is 2. The summed E-state index contributed by atoms with van der Waals surface area (Å²) in [5.41, 5.74) is 4.02. The van der Waals surface area contributed by atoms with Crippen LogP contribution < -0.4 is 9.47 Å². The maximum Gasteiger partial charge on any atom is 0.119 e. The molecule has 2 aromatic rings. The number of aliphatic hydroxyl groups excluding tert-OH is 1. The highest BCUT2D eigenvalue weighted by atomic mass is 16.5. The van der Waals surface area contributed by atoms with E-state index >= 15 is 0 Å². The molecule has 1 N–H and O–H groups in total. The van der Waals surface area contributed by atoms with Gasteiger partial charge >= 0.3 is 0 Å². The number of fused-ring (bicyclic) bond motifs is 3. The summed E-state index contributed by atoms with van der Waals surface area (Å²) in [7, 11) is 0. The number of ether oxygens (including phenoxy) is 2. The van der Waals surface area contributed by atoms with Crippen LogP contribution in [-0.4, -0.2) is 67.4 Å². The van der Waals surface area contributed by atoms with Gasteiger partial charge in [0, 0.05) is 13.1 Å². The van der Waals surface area contributed by atoms with E-state index in [9.17, 15) is 5.11 Å². The van der Waals surface area contributed by atoms with E-state index in [1.54, 1.807) is 0 Å². The molecule has 5 heteroatoms. The zero-order valence-electron chi connectivity index (χ0n) is 17.7. The SMILES string of the molecule is OC1c2ccc(OCCCN3CCC3)cc2-c2cc(OCCCN3CCC3)ccc21. The standard InChI is InChI=1S/C25H32N2O3/c28-25-21-7-5-19(29-15-3-13-26-9-1-10-26)17-23(21)24-18-20(6-8-22(24)25)30-16-4-14-27-11-2-12-27/h5-8,17-18,25,28H,1-4,9-16H2. The molecule has 0 bridgehead atoms. The fraction of sp³-hybridized carbons (Fsp3) is 0.520. The fourth-order valence-corrected chi connectivity index (χ4v) is 4.53. The van der Waals surface area contributed by atoms with Crippen LogP contribution in [0, 0.1) is 0 Å². The van der Waals surface area contributed by atoms with Gasteiger partial charge in [-0.05, 0) is 98.4 Å². The van der Waals surface area contributed by atoms with Gasteiger partial charge < -0.3 is 24.4 Å². The Morgan fingerprint density at radius 3 is 1.60 bits per heavy atom. The van der Waals surface area contributed by atoms with Crippen molar-refractivity contribution in [3.05, 3.63) is 47.5 Å². The maximum absolute atomic E-state index is 10.7. The van der Waals surface area contributed by atoms with Crippen LogP contribution in [-0.2, 0) is 0 Å². The Balaban J connectivity index is 1.21. The van der Waals surface area contributed by atoms with E-state index in [2.05, 4.69) is 21.9 Å². The molecular formula is C25H32N2O3. The monoisotopic (exact) mass is 408 g/mol. The molecule has 2 saturated heterocycles. The smallest absolute Gasteiger partial charge is 0.119 e. The summed E-state index contributed by atoms with van der Waals surface area (Å²) in [4.78, 5) is 4.92. The molecule has 0 radical (unpaired) electrons. The Bertz CT molecular complexity index is 805. The van der Waals surface area contributed by atoms with Crippen LogP contribution in [0.4, 0.5) is 0 Å². The molecule has 2 aromatic carbocycles. The van der Waals surface area contributed by atoms with Crippen LogP contribution in [0.5, 0.6) is 11.5 Å². The molecule has 2 heterocycles. The summed E-state index contributed by atoms with van der Waals surface area (Å²) in [6.07, 6.45) is 4.18. The Kier molecular flexibility index (Phi) is 5.93. The fourth-order valence-electron chi connectivity index (χ4n) is 4.53. The molecule has 2 aliphatic heterocycles. The molecule has 5 nitrogen and oxygen atoms in total. The van der Waals surface area contributed by atoms with Gasteiger partial charge in [0.05, 0.1) is 13.2 Å². The van der Waals surface area contributed by atoms with Gasteiger partial charge in [-0.3, -0.25) is 0 Å². The van der Waals surface area contributed by atoms with Crippen molar-refractivity contribution in [3.63, 3.8) is 0 Å². The summed E-state index contributed by atoms with van der Waals surface area (Å²) in [6.45, 7) is 8.62. The van der Waals surface area contributed by atoms with Gasteiger partial charge in [0.15, 0.2) is 0 Å². The van der Waals surface area contributed by atoms with Crippen molar-refractivity contribution in [1.82, 2.24) is 9.80 Å². The first kappa shape index (κ1) is 19.9. The van der Waals surface area contributed by atoms with Crippen molar-refractivity contribution < 1.29 is 14.6 Å². The van der Waals surface area contributed by atoms with Gasteiger partial charge in [-0.15, -0.1) is 0 Å². The Morgan fingerprint density at radius 1 is 0.733 bits per heavy atom. The number of aliphatic hydroxyl groups is 1. The topological polar surface area (TPSA) is 45.2 Å². The molecular weight excluding hydrogens is 376 g/mol. The van der Waals surface area contributed by atoms with Crippen molar-refractivity contribution >= 4 is 0 Å². The second-order valence-corrected chi connectivity index (χ2v) is 8.70. The third-order valence-electron chi connectivity index (χ3n) is 6.60. The summed E-state index contributed by atoms with van der Waals surface area (Å²) >= 11 is 0. The second-order valence-electron chi connectivity index (χ2n) is 8.70. The van der Waals surface area contributed by atoms with Crippen molar-refractivity contribution in [1.29, 1.82) is 0 Å². The van der Waals surface area contributed by atoms with Crippen molar-refractivity contribution in [2.45, 2.75) is 31.8 Å². The Labute approximate surface area is 179 Å². The van der Waals surface area contributed by atoms with Gasteiger partial charge in [0.2, 0.25) is 0 Å². The van der Waals surface area contributed by atoms with Crippen molar-refractivity contribution in [2.24, 2.45) is 0 Å². The molecule has 0 aromatic heterocycles. The van der Waals surface area contributed by atoms with E-state index in [0.29, 0.717) is 0 Å². The first-order valence-corrected chi connectivity index (χ1v) is 11.4. The van der Waals surface area contributed by atoms with Gasteiger partial charge in [-0.25, -0.2) is 0 Å². The average Bonchev–Trinajstić information content (AvgIpc) is 2.96. The summed E-state index contributed by atoms with van der Waals surface area (Å²) in [5, 5.41) is 10.7. The summed E-state index contributed by atoms with van der Waals surface area (Å²) < 4.78 is 12.0. The van der Waals surface area contributed by atoms with Gasteiger partial charge in [0.1, 0.15) is 17.6 Å². The minimum Gasteiger partial charge on any atom is -0.494 e. The molecule has 0 saturated carbocycles. The molecule has 0 spiro atoms. The lowest BCUT2D eigenvalue weighted by atomic mass is 10.1. The molecule has 30 heavy (non-hydrogen) atoms. The minimum absolute atomic E-state index is 0.573. The van der Waals surface area contributed by atoms with E-state index in [-0.39, 0.29) is 0 Å².